The van der Waals surface area contributed by atoms with E-state index in [1.54, 1.807) is 0 Å². The number of nitrogens with zero attached hydrogens (tertiary/aromatic N) is 2. The van der Waals surface area contributed by atoms with Gasteiger partial charge in [-0.15, -0.1) is 0 Å². The van der Waals surface area contributed by atoms with E-state index in [1.165, 1.54) is 32.4 Å². The fraction of sp³-hybridized carbons (Fsp3) is 1.00. The molecule has 2 aliphatic rings. The summed E-state index contributed by atoms with van der Waals surface area (Å²) in [7, 11) is 0. The van der Waals surface area contributed by atoms with Crippen molar-refractivity contribution < 1.29 is 9.47 Å². The maximum atomic E-state index is 5.30. The zero-order chi connectivity index (χ0) is 18.5. The third-order valence-corrected chi connectivity index (χ3v) is 5.40. The highest BCUT2D eigenvalue weighted by molar-refractivity contribution is 4.67. The van der Waals surface area contributed by atoms with Gasteiger partial charge in [0.1, 0.15) is 0 Å². The second-order valence-electron chi connectivity index (χ2n) is 8.48. The SMILES string of the molecule is CC(C)C(C)CN1CCOCC1.CC(C)CCCCN1CCOCC1. The summed E-state index contributed by atoms with van der Waals surface area (Å²) in [5, 5.41) is 0. The molecule has 0 N–H and O–H groups in total. The molecule has 2 saturated heterocycles. The summed E-state index contributed by atoms with van der Waals surface area (Å²) < 4.78 is 10.6. The molecule has 2 heterocycles. The second kappa shape index (κ2) is 14.0. The third kappa shape index (κ3) is 12.0. The average molecular weight is 357 g/mol. The molecule has 4 nitrogen and oxygen atoms in total. The van der Waals surface area contributed by atoms with E-state index in [0.717, 1.165) is 70.4 Å². The van der Waals surface area contributed by atoms with Crippen LogP contribution in [-0.4, -0.2) is 75.5 Å². The summed E-state index contributed by atoms with van der Waals surface area (Å²) in [6, 6.07) is 0. The highest BCUT2D eigenvalue weighted by atomic mass is 16.5. The predicted molar refractivity (Wildman–Crippen MR) is 107 cm³/mol. The molecule has 2 aliphatic heterocycles. The van der Waals surface area contributed by atoms with E-state index in [9.17, 15) is 0 Å². The molecule has 0 amide bonds. The molecule has 1 unspecified atom stereocenters. The highest BCUT2D eigenvalue weighted by Crippen LogP contribution is 2.12. The van der Waals surface area contributed by atoms with Crippen LogP contribution in [0.15, 0.2) is 0 Å². The van der Waals surface area contributed by atoms with Gasteiger partial charge in [-0.1, -0.05) is 47.5 Å². The minimum absolute atomic E-state index is 0.799. The molecule has 150 valence electrons. The topological polar surface area (TPSA) is 24.9 Å². The van der Waals surface area contributed by atoms with Crippen molar-refractivity contribution in [3.05, 3.63) is 0 Å². The average Bonchev–Trinajstić information content (AvgIpc) is 2.61. The molecule has 0 aromatic carbocycles. The molecule has 0 aromatic rings. The van der Waals surface area contributed by atoms with Crippen molar-refractivity contribution in [1.82, 2.24) is 9.80 Å². The van der Waals surface area contributed by atoms with E-state index in [1.807, 2.05) is 0 Å². The first kappa shape index (κ1) is 22.9. The van der Waals surface area contributed by atoms with Gasteiger partial charge in [-0.3, -0.25) is 9.80 Å². The lowest BCUT2D eigenvalue weighted by atomic mass is 9.97. The van der Waals surface area contributed by atoms with Crippen LogP contribution in [0.4, 0.5) is 0 Å². The number of rotatable bonds is 8. The van der Waals surface area contributed by atoms with Crippen LogP contribution in [0.2, 0.25) is 0 Å². The van der Waals surface area contributed by atoms with Gasteiger partial charge in [0.05, 0.1) is 26.4 Å². The molecule has 0 bridgehead atoms. The van der Waals surface area contributed by atoms with Gasteiger partial charge < -0.3 is 9.47 Å². The summed E-state index contributed by atoms with van der Waals surface area (Å²) in [6.45, 7) is 22.3. The maximum Gasteiger partial charge on any atom is 0.0594 e. The van der Waals surface area contributed by atoms with Gasteiger partial charge in [0.2, 0.25) is 0 Å². The zero-order valence-electron chi connectivity index (χ0n) is 17.6. The first-order valence-corrected chi connectivity index (χ1v) is 10.6. The second-order valence-corrected chi connectivity index (χ2v) is 8.48. The van der Waals surface area contributed by atoms with E-state index in [-0.39, 0.29) is 0 Å². The van der Waals surface area contributed by atoms with Gasteiger partial charge in [-0.05, 0) is 30.7 Å². The molecule has 0 aliphatic carbocycles. The highest BCUT2D eigenvalue weighted by Gasteiger charge is 2.15. The van der Waals surface area contributed by atoms with Crippen molar-refractivity contribution >= 4 is 0 Å². The first-order valence-electron chi connectivity index (χ1n) is 10.6. The molecule has 2 fully saturated rings. The van der Waals surface area contributed by atoms with Crippen LogP contribution in [0, 0.1) is 17.8 Å². The van der Waals surface area contributed by atoms with Gasteiger partial charge >= 0.3 is 0 Å². The van der Waals surface area contributed by atoms with Gasteiger partial charge in [-0.2, -0.15) is 0 Å². The van der Waals surface area contributed by atoms with E-state index >= 15 is 0 Å². The number of morpholine rings is 2. The van der Waals surface area contributed by atoms with Crippen molar-refractivity contribution in [2.45, 2.75) is 53.9 Å². The lowest BCUT2D eigenvalue weighted by molar-refractivity contribution is 0.0287. The smallest absolute Gasteiger partial charge is 0.0594 e. The molecule has 0 aromatic heterocycles. The summed E-state index contributed by atoms with van der Waals surface area (Å²) in [4.78, 5) is 5.03. The summed E-state index contributed by atoms with van der Waals surface area (Å²) >= 11 is 0. The Balaban J connectivity index is 0.000000251. The normalized spacial score (nSPS) is 21.2. The van der Waals surface area contributed by atoms with E-state index < -0.39 is 0 Å². The van der Waals surface area contributed by atoms with Crippen LogP contribution in [0.5, 0.6) is 0 Å². The number of hydrogen-bond donors (Lipinski definition) is 0. The molecule has 1 atom stereocenters. The Bertz CT molecular complexity index is 298. The van der Waals surface area contributed by atoms with Gasteiger partial charge in [-0.25, -0.2) is 0 Å². The Kier molecular flexibility index (Phi) is 12.8. The fourth-order valence-electron chi connectivity index (χ4n) is 3.11. The monoisotopic (exact) mass is 356 g/mol. The molecule has 2 rings (SSSR count). The van der Waals surface area contributed by atoms with Gasteiger partial charge in [0.15, 0.2) is 0 Å². The van der Waals surface area contributed by atoms with Gasteiger partial charge in [0.25, 0.3) is 0 Å². The molecule has 25 heavy (non-hydrogen) atoms. The van der Waals surface area contributed by atoms with Crippen LogP contribution in [0.3, 0.4) is 0 Å². The zero-order valence-corrected chi connectivity index (χ0v) is 17.6. The molecule has 0 saturated carbocycles. The Morgan fingerprint density at radius 3 is 1.72 bits per heavy atom. The van der Waals surface area contributed by atoms with Crippen LogP contribution >= 0.6 is 0 Å². The summed E-state index contributed by atoms with van der Waals surface area (Å²) in [6.07, 6.45) is 4.12. The summed E-state index contributed by atoms with van der Waals surface area (Å²) in [5.74, 6) is 2.47. The van der Waals surface area contributed by atoms with Gasteiger partial charge in [0, 0.05) is 32.7 Å². The minimum Gasteiger partial charge on any atom is -0.379 e. The van der Waals surface area contributed by atoms with Crippen molar-refractivity contribution in [3.63, 3.8) is 0 Å². The third-order valence-electron chi connectivity index (χ3n) is 5.40. The first-order chi connectivity index (χ1) is 12.0. The summed E-state index contributed by atoms with van der Waals surface area (Å²) in [5.41, 5.74) is 0. The van der Waals surface area contributed by atoms with Crippen LogP contribution in [0.1, 0.15) is 53.9 Å². The van der Waals surface area contributed by atoms with Crippen molar-refractivity contribution in [1.29, 1.82) is 0 Å². The standard InChI is InChI=1S/C11H23NO.C10H21NO/c1-11(2)5-3-4-6-12-7-9-13-10-8-12;1-9(2)10(3)8-11-4-6-12-7-5-11/h11H,3-10H2,1-2H3;9-10H,4-8H2,1-3H3. The predicted octanol–water partition coefficient (Wildman–Crippen LogP) is 3.76. The molecular formula is C21H44N2O2. The quantitative estimate of drug-likeness (QED) is 0.618. The van der Waals surface area contributed by atoms with E-state index in [4.69, 9.17) is 9.47 Å². The van der Waals surface area contributed by atoms with Crippen molar-refractivity contribution in [3.8, 4) is 0 Å². The number of hydrogen-bond acceptors (Lipinski definition) is 4. The Morgan fingerprint density at radius 1 is 0.720 bits per heavy atom. The fourth-order valence-corrected chi connectivity index (χ4v) is 3.11. The van der Waals surface area contributed by atoms with Crippen LogP contribution in [0.25, 0.3) is 0 Å². The molecule has 4 heteroatoms. The van der Waals surface area contributed by atoms with E-state index in [0.29, 0.717) is 0 Å². The van der Waals surface area contributed by atoms with Crippen LogP contribution < -0.4 is 0 Å². The number of unbranched alkanes of at least 4 members (excludes halogenated alkanes) is 1. The Labute approximate surface area is 157 Å². The lowest BCUT2D eigenvalue weighted by Crippen LogP contribution is -2.39. The van der Waals surface area contributed by atoms with Crippen LogP contribution in [-0.2, 0) is 9.47 Å². The largest absolute Gasteiger partial charge is 0.379 e. The maximum absolute atomic E-state index is 5.30. The number of ether oxygens (including phenoxy) is 2. The molecular weight excluding hydrogens is 312 g/mol. The van der Waals surface area contributed by atoms with Crippen molar-refractivity contribution in [2.75, 3.05) is 65.7 Å². The van der Waals surface area contributed by atoms with Crippen molar-refractivity contribution in [2.24, 2.45) is 17.8 Å². The molecule has 0 spiro atoms. The minimum atomic E-state index is 0.799. The molecule has 0 radical (unpaired) electrons. The Morgan fingerprint density at radius 2 is 1.24 bits per heavy atom. The Hall–Kier alpha value is -0.160. The van der Waals surface area contributed by atoms with E-state index in [2.05, 4.69) is 44.4 Å². The lowest BCUT2D eigenvalue weighted by Gasteiger charge is -2.30.